The Labute approximate surface area is 93.2 Å². The number of rotatable bonds is 4. The Bertz CT molecular complexity index is 218. The van der Waals surface area contributed by atoms with E-state index in [2.05, 4.69) is 24.1 Å². The van der Waals surface area contributed by atoms with Crippen molar-refractivity contribution in [3.05, 3.63) is 0 Å². The van der Waals surface area contributed by atoms with E-state index in [4.69, 9.17) is 0 Å². The minimum absolute atomic E-state index is 0.106. The summed E-state index contributed by atoms with van der Waals surface area (Å²) in [7, 11) is 1.90. The molecule has 88 valence electrons. The molecule has 1 rings (SSSR count). The van der Waals surface area contributed by atoms with E-state index in [1.807, 2.05) is 14.0 Å². The third-order valence-corrected chi connectivity index (χ3v) is 3.31. The highest BCUT2D eigenvalue weighted by atomic mass is 16.2. The first-order chi connectivity index (χ1) is 7.10. The average Bonchev–Trinajstić information content (AvgIpc) is 2.58. The molecule has 3 nitrogen and oxygen atoms in total. The van der Waals surface area contributed by atoms with Crippen molar-refractivity contribution in [1.82, 2.24) is 10.2 Å². The van der Waals surface area contributed by atoms with Crippen LogP contribution in [0.1, 0.15) is 33.6 Å². The van der Waals surface area contributed by atoms with Gasteiger partial charge in [-0.3, -0.25) is 4.79 Å². The van der Waals surface area contributed by atoms with Crippen molar-refractivity contribution >= 4 is 5.91 Å². The van der Waals surface area contributed by atoms with Gasteiger partial charge in [-0.05, 0) is 25.8 Å². The van der Waals surface area contributed by atoms with E-state index in [0.29, 0.717) is 17.9 Å². The molecule has 0 aromatic carbocycles. The fraction of sp³-hybridized carbons (Fsp3) is 0.917. The zero-order chi connectivity index (χ0) is 11.4. The van der Waals surface area contributed by atoms with Crippen molar-refractivity contribution in [2.24, 2.45) is 11.8 Å². The Balaban J connectivity index is 2.58. The van der Waals surface area contributed by atoms with Crippen LogP contribution in [0.3, 0.4) is 0 Å². The number of likely N-dealkylation sites (tertiary alicyclic amines) is 1. The highest BCUT2D eigenvalue weighted by molar-refractivity contribution is 5.79. The van der Waals surface area contributed by atoms with Gasteiger partial charge in [-0.25, -0.2) is 0 Å². The van der Waals surface area contributed by atoms with Crippen LogP contribution in [0.5, 0.6) is 0 Å². The smallest absolute Gasteiger partial charge is 0.226 e. The van der Waals surface area contributed by atoms with Gasteiger partial charge >= 0.3 is 0 Å². The lowest BCUT2D eigenvalue weighted by molar-refractivity contribution is -0.135. The maximum absolute atomic E-state index is 12.1. The summed E-state index contributed by atoms with van der Waals surface area (Å²) in [6.45, 7) is 8.14. The summed E-state index contributed by atoms with van der Waals surface area (Å²) in [6.07, 6.45) is 2.26. The first-order valence-electron chi connectivity index (χ1n) is 6.05. The summed E-state index contributed by atoms with van der Waals surface area (Å²) in [5.74, 6) is 1.09. The highest BCUT2D eigenvalue weighted by Gasteiger charge is 2.33. The lowest BCUT2D eigenvalue weighted by Crippen LogP contribution is -2.41. The first kappa shape index (κ1) is 12.5. The van der Waals surface area contributed by atoms with Crippen LogP contribution < -0.4 is 5.32 Å². The van der Waals surface area contributed by atoms with Crippen molar-refractivity contribution in [1.29, 1.82) is 0 Å². The van der Waals surface area contributed by atoms with Crippen LogP contribution in [0.4, 0.5) is 0 Å². The van der Waals surface area contributed by atoms with Crippen molar-refractivity contribution in [3.63, 3.8) is 0 Å². The predicted octanol–water partition coefficient (Wildman–Crippen LogP) is 1.49. The molecule has 0 bridgehead atoms. The molecule has 0 saturated carbocycles. The summed E-state index contributed by atoms with van der Waals surface area (Å²) < 4.78 is 0. The molecule has 1 N–H and O–H groups in total. The quantitative estimate of drug-likeness (QED) is 0.765. The molecule has 1 aliphatic heterocycles. The molecule has 0 aromatic rings. The van der Waals surface area contributed by atoms with Gasteiger partial charge in [0.25, 0.3) is 0 Å². The van der Waals surface area contributed by atoms with Gasteiger partial charge in [0.1, 0.15) is 0 Å². The Morgan fingerprint density at radius 2 is 2.27 bits per heavy atom. The molecule has 1 fully saturated rings. The molecule has 0 aliphatic carbocycles. The molecular weight excluding hydrogens is 188 g/mol. The van der Waals surface area contributed by atoms with Crippen LogP contribution in [-0.2, 0) is 4.79 Å². The number of hydrogen-bond acceptors (Lipinski definition) is 2. The van der Waals surface area contributed by atoms with Gasteiger partial charge in [0.05, 0.1) is 0 Å². The summed E-state index contributed by atoms with van der Waals surface area (Å²) in [5.41, 5.74) is 0. The second kappa shape index (κ2) is 5.50. The largest absolute Gasteiger partial charge is 0.339 e. The van der Waals surface area contributed by atoms with Crippen LogP contribution in [0, 0.1) is 11.8 Å². The number of hydrogen-bond donors (Lipinski definition) is 1. The predicted molar refractivity (Wildman–Crippen MR) is 62.7 cm³/mol. The Hall–Kier alpha value is -0.570. The Morgan fingerprint density at radius 3 is 2.80 bits per heavy atom. The van der Waals surface area contributed by atoms with Gasteiger partial charge in [-0.2, -0.15) is 0 Å². The first-order valence-corrected chi connectivity index (χ1v) is 6.05. The fourth-order valence-corrected chi connectivity index (χ4v) is 2.48. The van der Waals surface area contributed by atoms with Gasteiger partial charge in [0.2, 0.25) is 5.91 Å². The summed E-state index contributed by atoms with van der Waals surface area (Å²) >= 11 is 0. The van der Waals surface area contributed by atoms with Gasteiger partial charge in [0.15, 0.2) is 0 Å². The molecular formula is C12H24N2O. The number of carbonyl (C=O) groups is 1. The monoisotopic (exact) mass is 212 g/mol. The minimum Gasteiger partial charge on any atom is -0.339 e. The van der Waals surface area contributed by atoms with E-state index in [9.17, 15) is 4.79 Å². The molecule has 3 heteroatoms. The molecule has 1 amide bonds. The van der Waals surface area contributed by atoms with Crippen LogP contribution in [-0.4, -0.2) is 37.0 Å². The van der Waals surface area contributed by atoms with Gasteiger partial charge in [-0.15, -0.1) is 0 Å². The van der Waals surface area contributed by atoms with Gasteiger partial charge < -0.3 is 10.2 Å². The van der Waals surface area contributed by atoms with Crippen LogP contribution >= 0.6 is 0 Å². The van der Waals surface area contributed by atoms with E-state index in [0.717, 1.165) is 19.5 Å². The lowest BCUT2D eigenvalue weighted by Gasteiger charge is -2.26. The molecule has 3 unspecified atom stereocenters. The second-order valence-electron chi connectivity index (χ2n) is 4.85. The minimum atomic E-state index is 0.106. The number of amides is 1. The zero-order valence-electron chi connectivity index (χ0n) is 10.4. The van der Waals surface area contributed by atoms with Gasteiger partial charge in [-0.1, -0.05) is 20.8 Å². The van der Waals surface area contributed by atoms with E-state index in [1.54, 1.807) is 0 Å². The standard InChI is InChI=1S/C12H24N2O/c1-5-11-6-9(2)8-14(11)12(15)10(3)7-13-4/h9-11,13H,5-8H2,1-4H3. The third-order valence-electron chi connectivity index (χ3n) is 3.31. The maximum atomic E-state index is 12.1. The fourth-order valence-electron chi connectivity index (χ4n) is 2.48. The molecule has 15 heavy (non-hydrogen) atoms. The van der Waals surface area contributed by atoms with E-state index < -0.39 is 0 Å². The molecule has 0 aromatic heterocycles. The number of carbonyl (C=O) groups excluding carboxylic acids is 1. The SMILES string of the molecule is CCC1CC(C)CN1C(=O)C(C)CNC. The second-order valence-corrected chi connectivity index (χ2v) is 4.85. The summed E-state index contributed by atoms with van der Waals surface area (Å²) in [4.78, 5) is 14.2. The maximum Gasteiger partial charge on any atom is 0.226 e. The van der Waals surface area contributed by atoms with Crippen LogP contribution in [0.25, 0.3) is 0 Å². The zero-order valence-corrected chi connectivity index (χ0v) is 10.4. The highest BCUT2D eigenvalue weighted by Crippen LogP contribution is 2.26. The van der Waals surface area contributed by atoms with Gasteiger partial charge in [0, 0.05) is 25.0 Å². The topological polar surface area (TPSA) is 32.3 Å². The lowest BCUT2D eigenvalue weighted by atomic mass is 10.1. The van der Waals surface area contributed by atoms with E-state index in [1.165, 1.54) is 6.42 Å². The molecule has 1 heterocycles. The van der Waals surface area contributed by atoms with Crippen molar-refractivity contribution in [3.8, 4) is 0 Å². The van der Waals surface area contributed by atoms with E-state index in [-0.39, 0.29) is 5.92 Å². The van der Waals surface area contributed by atoms with Crippen LogP contribution in [0.2, 0.25) is 0 Å². The molecule has 1 saturated heterocycles. The molecule has 0 radical (unpaired) electrons. The Kier molecular flexibility index (Phi) is 4.58. The Morgan fingerprint density at radius 1 is 1.60 bits per heavy atom. The normalized spacial score (nSPS) is 28.1. The summed E-state index contributed by atoms with van der Waals surface area (Å²) in [6, 6.07) is 0.479. The third kappa shape index (κ3) is 2.94. The van der Waals surface area contributed by atoms with Crippen LogP contribution in [0.15, 0.2) is 0 Å². The molecule has 0 spiro atoms. The average molecular weight is 212 g/mol. The van der Waals surface area contributed by atoms with E-state index >= 15 is 0 Å². The molecule has 3 atom stereocenters. The summed E-state index contributed by atoms with van der Waals surface area (Å²) in [5, 5.41) is 3.07. The van der Waals surface area contributed by atoms with Crippen molar-refractivity contribution in [2.45, 2.75) is 39.7 Å². The number of nitrogens with zero attached hydrogens (tertiary/aromatic N) is 1. The van der Waals surface area contributed by atoms with Crippen molar-refractivity contribution < 1.29 is 4.79 Å². The molecule has 1 aliphatic rings. The van der Waals surface area contributed by atoms with Crippen molar-refractivity contribution in [2.75, 3.05) is 20.1 Å². The number of nitrogens with one attached hydrogen (secondary N) is 1.